The zero-order valence-corrected chi connectivity index (χ0v) is 62.6. The predicted octanol–water partition coefficient (Wildman–Crippen LogP) is 23.0. The third kappa shape index (κ3) is 10.1. The van der Waals surface area contributed by atoms with Crippen LogP contribution in [0.2, 0.25) is 78.6 Å². The van der Waals surface area contributed by atoms with E-state index in [2.05, 4.69) is 357 Å². The van der Waals surface area contributed by atoms with Gasteiger partial charge in [0.1, 0.15) is 0 Å². The molecule has 8 heteroatoms. The molecule has 0 amide bonds. The maximum Gasteiger partial charge on any atom is 0.0776 e. The fourth-order valence-electron chi connectivity index (χ4n) is 15.0. The second-order valence-corrected chi connectivity index (χ2v) is 53.5. The van der Waals surface area contributed by atoms with Crippen LogP contribution in [0.25, 0.3) is 98.4 Å². The summed E-state index contributed by atoms with van der Waals surface area (Å²) >= 11 is 0. The molecule has 0 spiro atoms. The number of fused-ring (bicyclic) bond motifs is 12. The summed E-state index contributed by atoms with van der Waals surface area (Å²) < 4.78 is 5.21. The van der Waals surface area contributed by atoms with Gasteiger partial charge in [-0.25, -0.2) is 0 Å². The smallest absolute Gasteiger partial charge is 0.0776 e. The summed E-state index contributed by atoms with van der Waals surface area (Å²) in [7, 11) is -6.58. The van der Waals surface area contributed by atoms with Gasteiger partial charge in [0.05, 0.1) is 88.1 Å². The maximum atomic E-state index is 2.60. The number of rotatable bonds is 12. The Morgan fingerprint density at radius 1 is 0.277 bits per heavy atom. The van der Waals surface area contributed by atoms with E-state index in [0.717, 1.165) is 11.4 Å². The van der Waals surface area contributed by atoms with Crippen molar-refractivity contribution in [1.29, 1.82) is 0 Å². The Labute approximate surface area is 560 Å². The largest absolute Gasteiger partial charge is 0.309 e. The van der Waals surface area contributed by atoms with Gasteiger partial charge in [0.2, 0.25) is 0 Å². The van der Waals surface area contributed by atoms with E-state index in [-0.39, 0.29) is 10.8 Å². The van der Waals surface area contributed by atoms with Crippen molar-refractivity contribution in [3.8, 4) is 22.3 Å². The molecule has 0 saturated carbocycles. The van der Waals surface area contributed by atoms with Gasteiger partial charge >= 0.3 is 0 Å². The average Bonchev–Trinajstić information content (AvgIpc) is 1.51. The first-order valence-corrected chi connectivity index (χ1v) is 48.1. The first-order chi connectivity index (χ1) is 44.4. The van der Waals surface area contributed by atoms with Crippen LogP contribution in [-0.2, 0) is 10.8 Å². The van der Waals surface area contributed by atoms with Crippen LogP contribution < -0.4 is 30.5 Å². The molecule has 0 radical (unpaired) electrons. The third-order valence-electron chi connectivity index (χ3n) is 20.6. The molecule has 4 heterocycles. The van der Waals surface area contributed by atoms with Crippen LogP contribution in [0.15, 0.2) is 218 Å². The molecule has 15 aromatic rings. The zero-order chi connectivity index (χ0) is 66.1. The Kier molecular flexibility index (Phi) is 14.1. The van der Waals surface area contributed by atoms with Gasteiger partial charge in [-0.1, -0.05) is 286 Å². The standard InChI is InChI=1S/C86H90N4Si4/c1-85(2,3)57-31-35-59(36-32-57)87(75-47-43-63(93(13,14)15)51-69(75)55-27-39-61(40-28-55)91(7,8)9)77-49-45-65-71-53-80-72(54-79(71)89-73-25-21-19-23-67(73)81(77)83(65)89)66-46-50-78(82-68-24-20-22-26-74(68)90(80)84(66)82)88(60-37-33-58(34-38-60)86(4,5)6)76-48-44-64(94(16,17)18)52-70(76)56-29-41-62(42-30-56)92(10,11)12/h19-54H,1-18H3. The van der Waals surface area contributed by atoms with Crippen LogP contribution in [-0.4, -0.2) is 41.1 Å². The lowest BCUT2D eigenvalue weighted by atomic mass is 9.87. The summed E-state index contributed by atoms with van der Waals surface area (Å²) in [5, 5.41) is 15.9. The lowest BCUT2D eigenvalue weighted by Gasteiger charge is -2.31. The molecule has 0 atom stereocenters. The average molecular weight is 1290 g/mol. The quantitative estimate of drug-likeness (QED) is 0.113. The molecule has 0 aliphatic rings. The van der Waals surface area contributed by atoms with E-state index >= 15 is 0 Å². The predicted molar refractivity (Wildman–Crippen MR) is 425 cm³/mol. The number of aromatic nitrogens is 2. The minimum atomic E-state index is -1.74. The molecule has 11 aromatic carbocycles. The van der Waals surface area contributed by atoms with Crippen molar-refractivity contribution in [2.75, 3.05) is 9.80 Å². The molecular weight excluding hydrogens is 1200 g/mol. The monoisotopic (exact) mass is 1290 g/mol. The zero-order valence-electron chi connectivity index (χ0n) is 58.6. The number of benzene rings is 11. The fraction of sp³-hybridized carbons (Fsp3) is 0.233. The van der Waals surface area contributed by atoms with Crippen molar-refractivity contribution in [3.05, 3.63) is 230 Å². The van der Waals surface area contributed by atoms with Crippen molar-refractivity contribution < 1.29 is 0 Å². The van der Waals surface area contributed by atoms with E-state index in [1.165, 1.54) is 153 Å². The Morgan fingerprint density at radius 2 is 0.596 bits per heavy atom. The summed E-state index contributed by atoms with van der Waals surface area (Å²) in [6.07, 6.45) is 0. The Bertz CT molecular complexity index is 5110. The molecule has 94 heavy (non-hydrogen) atoms. The molecule has 4 nitrogen and oxygen atoms in total. The first kappa shape index (κ1) is 61.7. The SMILES string of the molecule is CC(C)(C)c1ccc(N(c2ccc([Si](C)(C)C)cc2-c2ccc([Si](C)(C)C)cc2)c2ccc3c4cc5c(cc4n4c6ccccc6c2c34)c2ccc(N(c3ccc(C(C)(C)C)cc3)c3ccc([Si](C)(C)C)cc3-c3ccc([Si](C)(C)C)cc3)c3c4ccccc4n5c23)cc1. The molecule has 0 aliphatic carbocycles. The number of nitrogens with zero attached hydrogens (tertiary/aromatic N) is 4. The summed E-state index contributed by atoms with van der Waals surface area (Å²) in [6, 6.07) is 86.1. The Hall–Kier alpha value is -8.51. The molecular formula is C86H90N4Si4. The lowest BCUT2D eigenvalue weighted by Crippen LogP contribution is -2.38. The normalized spacial score (nSPS) is 13.2. The van der Waals surface area contributed by atoms with Gasteiger partial charge in [0.25, 0.3) is 0 Å². The highest BCUT2D eigenvalue weighted by Gasteiger charge is 2.32. The molecule has 15 rings (SSSR count). The van der Waals surface area contributed by atoms with Crippen LogP contribution in [0.1, 0.15) is 52.7 Å². The van der Waals surface area contributed by atoms with E-state index in [4.69, 9.17) is 0 Å². The van der Waals surface area contributed by atoms with Crippen molar-refractivity contribution in [1.82, 2.24) is 8.80 Å². The van der Waals surface area contributed by atoms with E-state index < -0.39 is 32.3 Å². The minimum absolute atomic E-state index is 0.00422. The van der Waals surface area contributed by atoms with Gasteiger partial charge in [-0.2, -0.15) is 0 Å². The van der Waals surface area contributed by atoms with E-state index in [9.17, 15) is 0 Å². The summed E-state index contributed by atoms with van der Waals surface area (Å²) in [5.74, 6) is 0. The van der Waals surface area contributed by atoms with Crippen molar-refractivity contribution in [2.45, 2.75) is 131 Å². The number of hydrogen-bond acceptors (Lipinski definition) is 2. The number of anilines is 6. The highest BCUT2D eigenvalue weighted by atomic mass is 28.3. The van der Waals surface area contributed by atoms with Crippen molar-refractivity contribution in [3.63, 3.8) is 0 Å². The van der Waals surface area contributed by atoms with Crippen LogP contribution in [0, 0.1) is 0 Å². The molecule has 0 N–H and O–H groups in total. The highest BCUT2D eigenvalue weighted by Crippen LogP contribution is 2.53. The minimum Gasteiger partial charge on any atom is -0.309 e. The number of hydrogen-bond donors (Lipinski definition) is 0. The Balaban J connectivity index is 0.989. The third-order valence-corrected chi connectivity index (χ3v) is 28.8. The van der Waals surface area contributed by atoms with Crippen molar-refractivity contribution in [2.24, 2.45) is 0 Å². The van der Waals surface area contributed by atoms with Gasteiger partial charge < -0.3 is 18.6 Å². The van der Waals surface area contributed by atoms with E-state index in [1.807, 2.05) is 0 Å². The molecule has 470 valence electrons. The molecule has 0 bridgehead atoms. The Morgan fingerprint density at radius 3 is 0.926 bits per heavy atom. The topological polar surface area (TPSA) is 15.3 Å². The summed E-state index contributed by atoms with van der Waals surface area (Å²) in [5.41, 5.74) is 22.1. The summed E-state index contributed by atoms with van der Waals surface area (Å²) in [6.45, 7) is 43.4. The van der Waals surface area contributed by atoms with E-state index in [1.54, 1.807) is 0 Å². The van der Waals surface area contributed by atoms with Gasteiger partial charge in [-0.05, 0) is 106 Å². The fourth-order valence-corrected chi connectivity index (χ4v) is 19.7. The van der Waals surface area contributed by atoms with Gasteiger partial charge in [-0.15, -0.1) is 0 Å². The molecule has 0 unspecified atom stereocenters. The van der Waals surface area contributed by atoms with Crippen LogP contribution >= 0.6 is 0 Å². The first-order valence-electron chi connectivity index (χ1n) is 34.1. The van der Waals surface area contributed by atoms with Crippen LogP contribution in [0.4, 0.5) is 34.1 Å². The molecule has 4 aromatic heterocycles. The molecule has 0 fully saturated rings. The van der Waals surface area contributed by atoms with Crippen LogP contribution in [0.3, 0.4) is 0 Å². The summed E-state index contributed by atoms with van der Waals surface area (Å²) in [4.78, 5) is 5.18. The second kappa shape index (κ2) is 21.5. The van der Waals surface area contributed by atoms with Crippen LogP contribution in [0.5, 0.6) is 0 Å². The second-order valence-electron chi connectivity index (χ2n) is 33.2. The maximum absolute atomic E-state index is 2.60. The highest BCUT2D eigenvalue weighted by molar-refractivity contribution is 6.90. The number of para-hydroxylation sites is 2. The van der Waals surface area contributed by atoms with Crippen molar-refractivity contribution >= 4 is 163 Å². The molecule has 0 saturated heterocycles. The van der Waals surface area contributed by atoms with Gasteiger partial charge in [0, 0.05) is 65.6 Å². The lowest BCUT2D eigenvalue weighted by molar-refractivity contribution is 0.590. The van der Waals surface area contributed by atoms with Gasteiger partial charge in [0.15, 0.2) is 0 Å². The molecule has 0 aliphatic heterocycles. The van der Waals surface area contributed by atoms with E-state index in [0.29, 0.717) is 0 Å². The van der Waals surface area contributed by atoms with Gasteiger partial charge in [-0.3, -0.25) is 0 Å².